The van der Waals surface area contributed by atoms with Gasteiger partial charge in [0, 0.05) is 16.3 Å². The average Bonchev–Trinajstić information content (AvgIpc) is 3.48. The fourth-order valence-electron chi connectivity index (χ4n) is 3.49. The molecule has 0 N–H and O–H groups in total. The van der Waals surface area contributed by atoms with E-state index in [1.54, 1.807) is 23.1 Å². The predicted octanol–water partition coefficient (Wildman–Crippen LogP) is 3.75. The van der Waals surface area contributed by atoms with E-state index in [1.165, 1.54) is 22.6 Å². The zero-order valence-corrected chi connectivity index (χ0v) is 16.3. The summed E-state index contributed by atoms with van der Waals surface area (Å²) in [5.74, 6) is 0.785. The molecule has 5 rings (SSSR count). The quantitative estimate of drug-likeness (QED) is 0.466. The van der Waals surface area contributed by atoms with E-state index in [0.29, 0.717) is 6.54 Å². The van der Waals surface area contributed by atoms with Gasteiger partial charge in [-0.1, -0.05) is 36.0 Å². The van der Waals surface area contributed by atoms with E-state index < -0.39 is 0 Å². The third-order valence-corrected chi connectivity index (χ3v) is 6.57. The molecule has 0 amide bonds. The molecule has 27 heavy (non-hydrogen) atoms. The van der Waals surface area contributed by atoms with Crippen molar-refractivity contribution in [3.63, 3.8) is 0 Å². The van der Waals surface area contributed by atoms with Gasteiger partial charge in [0.15, 0.2) is 0 Å². The topological polar surface area (TPSA) is 61.4 Å². The van der Waals surface area contributed by atoms with Crippen LogP contribution in [0.25, 0.3) is 5.69 Å². The fraction of sp³-hybridized carbons (Fsp3) is 0.263. The molecule has 3 aromatic heterocycles. The Bertz CT molecular complexity index is 1040. The van der Waals surface area contributed by atoms with Gasteiger partial charge in [-0.3, -0.25) is 0 Å². The minimum absolute atomic E-state index is 0.712. The third kappa shape index (κ3) is 3.30. The summed E-state index contributed by atoms with van der Waals surface area (Å²) in [6.07, 6.45) is 3.41. The highest BCUT2D eigenvalue weighted by Gasteiger charge is 2.23. The van der Waals surface area contributed by atoms with Crippen LogP contribution in [0, 0.1) is 0 Å². The Kier molecular flexibility index (Phi) is 4.51. The smallest absolute Gasteiger partial charge is 0.210 e. The van der Waals surface area contributed by atoms with Gasteiger partial charge in [-0.15, -0.1) is 16.4 Å². The largest absolute Gasteiger partial charge is 0.237 e. The van der Waals surface area contributed by atoms with Crippen molar-refractivity contribution in [3.8, 4) is 5.69 Å². The van der Waals surface area contributed by atoms with Gasteiger partial charge < -0.3 is 0 Å². The van der Waals surface area contributed by atoms with Gasteiger partial charge in [0.1, 0.15) is 0 Å². The first kappa shape index (κ1) is 16.7. The maximum absolute atomic E-state index is 4.93. The molecule has 0 atom stereocenters. The number of tetrazole rings is 1. The number of thioether (sulfide) groups is 1. The van der Waals surface area contributed by atoms with Gasteiger partial charge in [-0.2, -0.15) is 5.10 Å². The first-order chi connectivity index (χ1) is 13.4. The number of aromatic nitrogens is 6. The highest BCUT2D eigenvalue weighted by molar-refractivity contribution is 7.98. The summed E-state index contributed by atoms with van der Waals surface area (Å²) in [7, 11) is 0. The van der Waals surface area contributed by atoms with Gasteiger partial charge in [0.05, 0.1) is 17.9 Å². The summed E-state index contributed by atoms with van der Waals surface area (Å²) >= 11 is 3.38. The zero-order valence-electron chi connectivity index (χ0n) is 14.7. The number of fused-ring (bicyclic) bond motifs is 1. The lowest BCUT2D eigenvalue weighted by molar-refractivity contribution is 0.608. The second kappa shape index (κ2) is 7.28. The van der Waals surface area contributed by atoms with Crippen LogP contribution < -0.4 is 0 Å². The van der Waals surface area contributed by atoms with Crippen LogP contribution in [0.3, 0.4) is 0 Å². The Morgan fingerprint density at radius 1 is 1.07 bits per heavy atom. The molecule has 1 aromatic carbocycles. The van der Waals surface area contributed by atoms with Crippen molar-refractivity contribution < 1.29 is 0 Å². The molecule has 136 valence electrons. The van der Waals surface area contributed by atoms with Crippen LogP contribution in [0.15, 0.2) is 53.0 Å². The van der Waals surface area contributed by atoms with Crippen LogP contribution in [0.5, 0.6) is 0 Å². The number of hydrogen-bond donors (Lipinski definition) is 0. The van der Waals surface area contributed by atoms with Crippen LogP contribution in [0.4, 0.5) is 0 Å². The molecule has 0 bridgehead atoms. The lowest BCUT2D eigenvalue weighted by Gasteiger charge is -2.05. The van der Waals surface area contributed by atoms with E-state index in [9.17, 15) is 0 Å². The molecule has 0 aliphatic heterocycles. The van der Waals surface area contributed by atoms with Crippen LogP contribution in [0.1, 0.15) is 28.2 Å². The zero-order chi connectivity index (χ0) is 18.1. The van der Waals surface area contributed by atoms with Gasteiger partial charge in [0.2, 0.25) is 5.16 Å². The molecule has 0 fully saturated rings. The second-order valence-electron chi connectivity index (χ2n) is 6.46. The summed E-state index contributed by atoms with van der Waals surface area (Å²) < 4.78 is 3.98. The van der Waals surface area contributed by atoms with Gasteiger partial charge in [-0.05, 0) is 58.8 Å². The van der Waals surface area contributed by atoms with Crippen molar-refractivity contribution in [1.82, 2.24) is 30.0 Å². The lowest BCUT2D eigenvalue weighted by atomic mass is 10.2. The Morgan fingerprint density at radius 3 is 2.85 bits per heavy atom. The second-order valence-corrected chi connectivity index (χ2v) is 8.43. The minimum atomic E-state index is 0.712. The van der Waals surface area contributed by atoms with Gasteiger partial charge in [0.25, 0.3) is 0 Å². The van der Waals surface area contributed by atoms with E-state index in [2.05, 4.69) is 62.0 Å². The number of thiophene rings is 1. The van der Waals surface area contributed by atoms with Crippen molar-refractivity contribution in [3.05, 3.63) is 69.7 Å². The highest BCUT2D eigenvalue weighted by Crippen LogP contribution is 2.31. The monoisotopic (exact) mass is 394 g/mol. The van der Waals surface area contributed by atoms with Crippen molar-refractivity contribution in [2.24, 2.45) is 0 Å². The third-order valence-electron chi connectivity index (χ3n) is 4.74. The van der Waals surface area contributed by atoms with E-state index in [0.717, 1.165) is 35.1 Å². The maximum Gasteiger partial charge on any atom is 0.210 e. The molecule has 3 heterocycles. The maximum atomic E-state index is 4.93. The predicted molar refractivity (Wildman–Crippen MR) is 106 cm³/mol. The summed E-state index contributed by atoms with van der Waals surface area (Å²) in [6, 6.07) is 14.6. The van der Waals surface area contributed by atoms with Gasteiger partial charge >= 0.3 is 0 Å². The normalized spacial score (nSPS) is 13.2. The Morgan fingerprint density at radius 2 is 2.00 bits per heavy atom. The van der Waals surface area contributed by atoms with E-state index in [4.69, 9.17) is 5.10 Å². The Hall–Kier alpha value is -2.45. The Labute approximate surface area is 165 Å². The molecule has 0 spiro atoms. The molecule has 1 aliphatic rings. The first-order valence-electron chi connectivity index (χ1n) is 8.95. The van der Waals surface area contributed by atoms with Crippen molar-refractivity contribution in [2.45, 2.75) is 36.7 Å². The number of rotatable bonds is 6. The SMILES string of the molecule is c1ccc(-n2nc(CSc3nnnn3Cc3cccs3)c3c2CCC3)cc1. The van der Waals surface area contributed by atoms with Crippen LogP contribution >= 0.6 is 23.1 Å². The average molecular weight is 395 g/mol. The molecule has 4 aromatic rings. The van der Waals surface area contributed by atoms with E-state index in [1.807, 2.05) is 10.7 Å². The summed E-state index contributed by atoms with van der Waals surface area (Å²) in [6.45, 7) is 0.712. The molecule has 0 unspecified atom stereocenters. The fourth-order valence-corrected chi connectivity index (χ4v) is 5.02. The summed E-state index contributed by atoms with van der Waals surface area (Å²) in [5.41, 5.74) is 5.05. The summed E-state index contributed by atoms with van der Waals surface area (Å²) in [5, 5.41) is 20.1. The summed E-state index contributed by atoms with van der Waals surface area (Å²) in [4.78, 5) is 1.25. The molecule has 6 nitrogen and oxygen atoms in total. The molecule has 1 aliphatic carbocycles. The lowest BCUT2D eigenvalue weighted by Crippen LogP contribution is -2.03. The molecular weight excluding hydrogens is 376 g/mol. The van der Waals surface area contributed by atoms with Crippen molar-refractivity contribution in [2.75, 3.05) is 0 Å². The molecule has 0 saturated carbocycles. The van der Waals surface area contributed by atoms with E-state index in [-0.39, 0.29) is 0 Å². The van der Waals surface area contributed by atoms with Crippen molar-refractivity contribution in [1.29, 1.82) is 0 Å². The van der Waals surface area contributed by atoms with E-state index >= 15 is 0 Å². The first-order valence-corrected chi connectivity index (χ1v) is 10.8. The number of benzene rings is 1. The molecule has 8 heteroatoms. The van der Waals surface area contributed by atoms with Gasteiger partial charge in [-0.25, -0.2) is 9.36 Å². The molecular formula is C19H18N6S2. The molecule has 0 radical (unpaired) electrons. The van der Waals surface area contributed by atoms with Crippen LogP contribution in [-0.4, -0.2) is 30.0 Å². The Balaban J connectivity index is 1.38. The highest BCUT2D eigenvalue weighted by atomic mass is 32.2. The number of para-hydroxylation sites is 1. The minimum Gasteiger partial charge on any atom is -0.237 e. The number of nitrogens with zero attached hydrogens (tertiary/aromatic N) is 6. The standard InChI is InChI=1S/C19H18N6S2/c1-2-6-14(7-3-1)25-18-10-4-9-16(18)17(21-25)13-27-19-20-22-23-24(19)12-15-8-5-11-26-15/h1-3,5-8,11H,4,9-10,12-13H2. The molecule has 0 saturated heterocycles. The van der Waals surface area contributed by atoms with Crippen molar-refractivity contribution >= 4 is 23.1 Å². The number of hydrogen-bond acceptors (Lipinski definition) is 6. The van der Waals surface area contributed by atoms with Crippen LogP contribution in [0.2, 0.25) is 0 Å². The van der Waals surface area contributed by atoms with Crippen LogP contribution in [-0.2, 0) is 25.1 Å².